The van der Waals surface area contributed by atoms with E-state index in [1.807, 2.05) is 24.3 Å². The van der Waals surface area contributed by atoms with Gasteiger partial charge < -0.3 is 19.5 Å². The van der Waals surface area contributed by atoms with E-state index in [4.69, 9.17) is 14.2 Å². The smallest absolute Gasteiger partial charge is 0.243 e. The van der Waals surface area contributed by atoms with Gasteiger partial charge in [0.05, 0.1) is 32.7 Å². The summed E-state index contributed by atoms with van der Waals surface area (Å²) in [5.74, 6) is 1.37. The van der Waals surface area contributed by atoms with Gasteiger partial charge in [-0.15, -0.1) is 0 Å². The van der Waals surface area contributed by atoms with Crippen molar-refractivity contribution in [3.05, 3.63) is 48.0 Å². The van der Waals surface area contributed by atoms with Crippen molar-refractivity contribution in [3.63, 3.8) is 0 Å². The van der Waals surface area contributed by atoms with Gasteiger partial charge in [0.1, 0.15) is 29.9 Å². The molecule has 2 aromatic rings. The SMILES string of the molecule is COc1ccc(OC)c(N([C@@H](C)C(=O)NCCOc2ccccc2C(C)C)S(C)(=O)=O)c1. The molecule has 0 bridgehead atoms. The Balaban J connectivity index is 2.12. The second-order valence-electron chi connectivity index (χ2n) is 7.60. The molecular formula is C23H32N2O6S. The third-order valence-corrected chi connectivity index (χ3v) is 6.14. The number of carbonyl (C=O) groups excluding carboxylic acids is 1. The molecule has 32 heavy (non-hydrogen) atoms. The third-order valence-electron chi connectivity index (χ3n) is 4.91. The van der Waals surface area contributed by atoms with Crippen LogP contribution in [0, 0.1) is 0 Å². The average Bonchev–Trinajstić information content (AvgIpc) is 2.75. The van der Waals surface area contributed by atoms with Crippen LogP contribution in [0.4, 0.5) is 5.69 Å². The maximum absolute atomic E-state index is 12.8. The maximum atomic E-state index is 12.8. The summed E-state index contributed by atoms with van der Waals surface area (Å²) in [5.41, 5.74) is 1.31. The van der Waals surface area contributed by atoms with Crippen LogP contribution in [0.25, 0.3) is 0 Å². The fraction of sp³-hybridized carbons (Fsp3) is 0.435. The van der Waals surface area contributed by atoms with Crippen molar-refractivity contribution in [1.82, 2.24) is 5.32 Å². The highest BCUT2D eigenvalue weighted by molar-refractivity contribution is 7.92. The molecule has 0 saturated carbocycles. The Morgan fingerprint density at radius 3 is 2.31 bits per heavy atom. The first kappa shape index (κ1) is 25.3. The lowest BCUT2D eigenvalue weighted by Gasteiger charge is -2.29. The standard InChI is InChI=1S/C23H32N2O6S/c1-16(2)19-9-7-8-10-21(19)31-14-13-24-23(26)17(3)25(32(6,27)28)20-15-18(29-4)11-12-22(20)30-5/h7-12,15-17H,13-14H2,1-6H3,(H,24,26)/t17-/m0/s1. The Labute approximate surface area is 190 Å². The summed E-state index contributed by atoms with van der Waals surface area (Å²) >= 11 is 0. The van der Waals surface area contributed by atoms with Crippen LogP contribution in [0.1, 0.15) is 32.3 Å². The average molecular weight is 465 g/mol. The zero-order valence-corrected chi connectivity index (χ0v) is 20.2. The molecule has 0 aliphatic carbocycles. The quantitative estimate of drug-likeness (QED) is 0.514. The number of ether oxygens (including phenoxy) is 3. The van der Waals surface area contributed by atoms with Gasteiger partial charge in [-0.25, -0.2) is 8.42 Å². The van der Waals surface area contributed by atoms with Gasteiger partial charge in [0.2, 0.25) is 15.9 Å². The van der Waals surface area contributed by atoms with Crippen LogP contribution in [0.3, 0.4) is 0 Å². The fourth-order valence-corrected chi connectivity index (χ4v) is 4.49. The Kier molecular flexibility index (Phi) is 8.77. The summed E-state index contributed by atoms with van der Waals surface area (Å²) in [5, 5.41) is 2.75. The lowest BCUT2D eigenvalue weighted by atomic mass is 10.0. The van der Waals surface area contributed by atoms with E-state index in [1.165, 1.54) is 27.2 Å². The van der Waals surface area contributed by atoms with Crippen molar-refractivity contribution in [2.24, 2.45) is 0 Å². The highest BCUT2D eigenvalue weighted by atomic mass is 32.2. The highest BCUT2D eigenvalue weighted by Gasteiger charge is 2.31. The molecule has 0 unspecified atom stereocenters. The number of hydrogen-bond donors (Lipinski definition) is 1. The van der Waals surface area contributed by atoms with Crippen molar-refractivity contribution < 1.29 is 27.4 Å². The van der Waals surface area contributed by atoms with Crippen LogP contribution in [0.15, 0.2) is 42.5 Å². The van der Waals surface area contributed by atoms with E-state index in [-0.39, 0.29) is 18.8 Å². The Hall–Kier alpha value is -2.94. The van der Waals surface area contributed by atoms with Crippen molar-refractivity contribution in [1.29, 1.82) is 0 Å². The van der Waals surface area contributed by atoms with Gasteiger partial charge in [0.15, 0.2) is 0 Å². The van der Waals surface area contributed by atoms with Gasteiger partial charge >= 0.3 is 0 Å². The number of para-hydroxylation sites is 1. The molecule has 8 nitrogen and oxygen atoms in total. The van der Waals surface area contributed by atoms with Gasteiger partial charge in [0.25, 0.3) is 0 Å². The molecule has 176 valence electrons. The number of rotatable bonds is 11. The van der Waals surface area contributed by atoms with Gasteiger partial charge in [-0.3, -0.25) is 9.10 Å². The molecule has 0 heterocycles. The van der Waals surface area contributed by atoms with E-state index < -0.39 is 22.0 Å². The summed E-state index contributed by atoms with van der Waals surface area (Å²) < 4.78 is 42.6. The van der Waals surface area contributed by atoms with E-state index in [2.05, 4.69) is 19.2 Å². The van der Waals surface area contributed by atoms with Crippen LogP contribution in [0.5, 0.6) is 17.2 Å². The summed E-state index contributed by atoms with van der Waals surface area (Å²) in [6.07, 6.45) is 1.04. The summed E-state index contributed by atoms with van der Waals surface area (Å²) in [4.78, 5) is 12.8. The summed E-state index contributed by atoms with van der Waals surface area (Å²) in [6, 6.07) is 11.5. The molecule has 0 radical (unpaired) electrons. The van der Waals surface area contributed by atoms with Crippen LogP contribution in [-0.4, -0.2) is 54.0 Å². The normalized spacial score (nSPS) is 12.2. The molecule has 0 spiro atoms. The molecule has 0 aliphatic heterocycles. The van der Waals surface area contributed by atoms with E-state index in [1.54, 1.807) is 12.1 Å². The van der Waals surface area contributed by atoms with Gasteiger partial charge in [-0.05, 0) is 36.6 Å². The zero-order valence-electron chi connectivity index (χ0n) is 19.4. The Morgan fingerprint density at radius 1 is 1.03 bits per heavy atom. The molecule has 0 aliphatic rings. The number of benzene rings is 2. The fourth-order valence-electron chi connectivity index (χ4n) is 3.32. The van der Waals surface area contributed by atoms with Crippen molar-refractivity contribution in [2.75, 3.05) is 37.9 Å². The zero-order chi connectivity index (χ0) is 23.9. The lowest BCUT2D eigenvalue weighted by Crippen LogP contribution is -2.48. The van der Waals surface area contributed by atoms with Crippen LogP contribution >= 0.6 is 0 Å². The number of hydrogen-bond acceptors (Lipinski definition) is 6. The summed E-state index contributed by atoms with van der Waals surface area (Å²) in [6.45, 7) is 6.16. The predicted molar refractivity (Wildman–Crippen MR) is 125 cm³/mol. The Bertz CT molecular complexity index is 1020. The van der Waals surface area contributed by atoms with Crippen molar-refractivity contribution in [3.8, 4) is 17.2 Å². The number of anilines is 1. The van der Waals surface area contributed by atoms with E-state index in [0.29, 0.717) is 17.4 Å². The van der Waals surface area contributed by atoms with E-state index >= 15 is 0 Å². The topological polar surface area (TPSA) is 94.2 Å². The number of methoxy groups -OCH3 is 2. The largest absolute Gasteiger partial charge is 0.497 e. The third kappa shape index (κ3) is 6.29. The molecule has 1 N–H and O–H groups in total. The molecular weight excluding hydrogens is 432 g/mol. The predicted octanol–water partition coefficient (Wildman–Crippen LogP) is 3.18. The second-order valence-corrected chi connectivity index (χ2v) is 9.46. The Morgan fingerprint density at radius 2 is 1.72 bits per heavy atom. The monoisotopic (exact) mass is 464 g/mol. The highest BCUT2D eigenvalue weighted by Crippen LogP contribution is 2.35. The van der Waals surface area contributed by atoms with Crippen LogP contribution in [-0.2, 0) is 14.8 Å². The van der Waals surface area contributed by atoms with Crippen LogP contribution in [0.2, 0.25) is 0 Å². The van der Waals surface area contributed by atoms with E-state index in [9.17, 15) is 13.2 Å². The molecule has 9 heteroatoms. The number of carbonyl (C=O) groups is 1. The first-order valence-electron chi connectivity index (χ1n) is 10.3. The van der Waals surface area contributed by atoms with Crippen molar-refractivity contribution >= 4 is 21.6 Å². The van der Waals surface area contributed by atoms with Gasteiger partial charge in [-0.2, -0.15) is 0 Å². The molecule has 2 rings (SSSR count). The minimum atomic E-state index is -3.80. The molecule has 0 fully saturated rings. The second kappa shape index (κ2) is 11.1. The number of nitrogens with one attached hydrogen (secondary N) is 1. The number of sulfonamides is 1. The molecule has 2 aromatic carbocycles. The van der Waals surface area contributed by atoms with Crippen molar-refractivity contribution in [2.45, 2.75) is 32.7 Å². The first-order valence-corrected chi connectivity index (χ1v) is 12.2. The summed E-state index contributed by atoms with van der Waals surface area (Å²) in [7, 11) is -0.893. The van der Waals surface area contributed by atoms with Crippen LogP contribution < -0.4 is 23.8 Å². The number of amides is 1. The molecule has 1 amide bonds. The molecule has 1 atom stereocenters. The molecule has 0 saturated heterocycles. The number of nitrogens with zero attached hydrogens (tertiary/aromatic N) is 1. The minimum Gasteiger partial charge on any atom is -0.497 e. The minimum absolute atomic E-state index is 0.221. The van der Waals surface area contributed by atoms with Gasteiger partial charge in [0, 0.05) is 6.07 Å². The lowest BCUT2D eigenvalue weighted by molar-refractivity contribution is -0.121. The maximum Gasteiger partial charge on any atom is 0.243 e. The molecule has 0 aromatic heterocycles. The first-order chi connectivity index (χ1) is 15.1. The van der Waals surface area contributed by atoms with E-state index in [0.717, 1.165) is 21.9 Å². The van der Waals surface area contributed by atoms with Gasteiger partial charge in [-0.1, -0.05) is 32.0 Å².